The van der Waals surface area contributed by atoms with Crippen LogP contribution in [-0.4, -0.2) is 11.6 Å². The fourth-order valence-electron chi connectivity index (χ4n) is 2.96. The fraction of sp³-hybridized carbons (Fsp3) is 0. The first kappa shape index (κ1) is 17.5. The Morgan fingerprint density at radius 3 is 1.36 bits per heavy atom. The van der Waals surface area contributed by atoms with E-state index in [-0.39, 0.29) is 5.78 Å². The van der Waals surface area contributed by atoms with Crippen molar-refractivity contribution >= 4 is 46.0 Å². The molecule has 25 heavy (non-hydrogen) atoms. The molecule has 0 aliphatic heterocycles. The minimum atomic E-state index is -2.22. The molecule has 0 radical (unpaired) electrons. The Hall–Kier alpha value is -2.34. The molecule has 0 spiro atoms. The van der Waals surface area contributed by atoms with E-state index in [1.54, 1.807) is 0 Å². The van der Waals surface area contributed by atoms with Crippen LogP contribution in [0.3, 0.4) is 0 Å². The Kier molecular flexibility index (Phi) is 5.71. The van der Waals surface area contributed by atoms with Gasteiger partial charge in [0.25, 0.3) is 0 Å². The molecule has 0 atom stereocenters. The van der Waals surface area contributed by atoms with Crippen LogP contribution in [0, 0.1) is 0 Å². The summed E-state index contributed by atoms with van der Waals surface area (Å²) in [7, 11) is 0. The number of rotatable bonds is 5. The number of carbonyl (C=O) groups excluding carboxylic acids is 1. The average molecular weight is 365 g/mol. The van der Waals surface area contributed by atoms with E-state index < -0.39 is 6.89 Å². The van der Waals surface area contributed by atoms with Gasteiger partial charge < -0.3 is 0 Å². The van der Waals surface area contributed by atoms with Crippen LogP contribution in [0.4, 0.5) is 0 Å². The zero-order chi connectivity index (χ0) is 17.5. The zero-order valence-corrected chi connectivity index (χ0v) is 15.3. The Labute approximate surface area is 153 Å². The summed E-state index contributed by atoms with van der Waals surface area (Å²) in [5, 5.41) is 3.43. The van der Waals surface area contributed by atoms with Crippen LogP contribution in [0.15, 0.2) is 103 Å². The molecule has 0 N–H and O–H groups in total. The predicted octanol–water partition coefficient (Wildman–Crippen LogP) is 4.10. The molecule has 0 fully saturated rings. The van der Waals surface area contributed by atoms with Crippen molar-refractivity contribution < 1.29 is 4.79 Å². The second-order valence-corrected chi connectivity index (χ2v) is 9.06. The maximum absolute atomic E-state index is 12.6. The van der Waals surface area contributed by atoms with Crippen LogP contribution in [0.5, 0.6) is 0 Å². The van der Waals surface area contributed by atoms with E-state index in [1.165, 1.54) is 11.6 Å². The van der Waals surface area contributed by atoms with Gasteiger partial charge in [0.15, 0.2) is 5.78 Å². The van der Waals surface area contributed by atoms with Gasteiger partial charge in [0.05, 0.1) is 0 Å². The molecule has 0 amide bonds. The minimum absolute atomic E-state index is 0.0834. The van der Waals surface area contributed by atoms with Crippen LogP contribution >= 0.6 is 18.5 Å². The Morgan fingerprint density at radius 1 is 0.680 bits per heavy atom. The molecule has 3 heteroatoms. The van der Waals surface area contributed by atoms with Gasteiger partial charge in [-0.2, -0.15) is 0 Å². The van der Waals surface area contributed by atoms with E-state index in [0.717, 1.165) is 15.9 Å². The first-order valence-corrected chi connectivity index (χ1v) is 10.3. The number of ketones is 1. The highest BCUT2D eigenvalue weighted by molar-refractivity contribution is 7.95. The third-order valence-corrected chi connectivity index (χ3v) is 8.14. The van der Waals surface area contributed by atoms with Crippen LogP contribution < -0.4 is 15.9 Å². The Bertz CT molecular complexity index is 813. The molecule has 124 valence electrons. The molecule has 0 unspecified atom stereocenters. The van der Waals surface area contributed by atoms with Gasteiger partial charge in [0.2, 0.25) is 0 Å². The SMILES string of the molecule is O=C(C=P(c1ccccc1)(c1ccccc1)c1ccccc1)/C=C\Cl. The molecule has 0 aliphatic rings. The monoisotopic (exact) mass is 364 g/mol. The fourth-order valence-corrected chi connectivity index (χ4v) is 6.82. The first-order valence-electron chi connectivity index (χ1n) is 7.99. The molecule has 3 aromatic carbocycles. The number of halogens is 1. The minimum Gasteiger partial charge on any atom is -0.290 e. The third-order valence-electron chi connectivity index (χ3n) is 4.04. The molecule has 3 rings (SSSR count). The maximum atomic E-state index is 12.6. The smallest absolute Gasteiger partial charge is 0.180 e. The second-order valence-electron chi connectivity index (χ2n) is 5.55. The van der Waals surface area contributed by atoms with Crippen molar-refractivity contribution in [1.82, 2.24) is 0 Å². The predicted molar refractivity (Wildman–Crippen MR) is 111 cm³/mol. The van der Waals surface area contributed by atoms with Gasteiger partial charge in [0.1, 0.15) is 0 Å². The summed E-state index contributed by atoms with van der Waals surface area (Å²) in [6.07, 6.45) is 1.41. The summed E-state index contributed by atoms with van der Waals surface area (Å²) in [4.78, 5) is 12.6. The molecule has 0 saturated carbocycles. The number of hydrogen-bond acceptors (Lipinski definition) is 1. The maximum Gasteiger partial charge on any atom is 0.180 e. The van der Waals surface area contributed by atoms with E-state index in [0.29, 0.717) is 0 Å². The molecule has 0 bridgehead atoms. The summed E-state index contributed by atoms with van der Waals surface area (Å²) in [5.74, 6) is 1.77. The van der Waals surface area contributed by atoms with Crippen LogP contribution in [0.2, 0.25) is 0 Å². The number of benzene rings is 3. The Balaban J connectivity index is 2.42. The number of allylic oxidation sites excluding steroid dienone is 1. The van der Waals surface area contributed by atoms with Gasteiger partial charge in [-0.3, -0.25) is 4.79 Å². The molecular formula is C22H18ClOP. The van der Waals surface area contributed by atoms with E-state index in [4.69, 9.17) is 11.6 Å². The summed E-state index contributed by atoms with van der Waals surface area (Å²) >= 11 is 5.65. The highest BCUT2D eigenvalue weighted by Gasteiger charge is 2.25. The van der Waals surface area contributed by atoms with E-state index in [1.807, 2.05) is 60.4 Å². The summed E-state index contributed by atoms with van der Waals surface area (Å²) in [6.45, 7) is -2.22. The largest absolute Gasteiger partial charge is 0.290 e. The highest BCUT2D eigenvalue weighted by atomic mass is 35.5. The Morgan fingerprint density at radius 2 is 1.04 bits per heavy atom. The van der Waals surface area contributed by atoms with Crippen molar-refractivity contribution in [2.75, 3.05) is 0 Å². The standard InChI is InChI=1S/C22H18ClOP/c23-17-16-19(24)18-25(20-10-4-1-5-11-20,21-12-6-2-7-13-21)22-14-8-3-9-15-22/h1-18H/b17-16-. The molecule has 0 saturated heterocycles. The molecular weight excluding hydrogens is 347 g/mol. The lowest BCUT2D eigenvalue weighted by Crippen LogP contribution is -2.28. The van der Waals surface area contributed by atoms with E-state index >= 15 is 0 Å². The lowest BCUT2D eigenvalue weighted by Gasteiger charge is -2.28. The average Bonchev–Trinajstić information content (AvgIpc) is 2.68. The normalized spacial score (nSPS) is 11.4. The summed E-state index contributed by atoms with van der Waals surface area (Å²) in [6, 6.07) is 30.7. The van der Waals surface area contributed by atoms with Crippen molar-refractivity contribution in [2.24, 2.45) is 0 Å². The van der Waals surface area contributed by atoms with E-state index in [9.17, 15) is 4.79 Å². The molecule has 0 aromatic heterocycles. The molecule has 0 heterocycles. The lowest BCUT2D eigenvalue weighted by atomic mass is 10.4. The lowest BCUT2D eigenvalue weighted by molar-refractivity contribution is -0.108. The summed E-state index contributed by atoms with van der Waals surface area (Å²) < 4.78 is 0. The topological polar surface area (TPSA) is 17.1 Å². The van der Waals surface area contributed by atoms with Gasteiger partial charge >= 0.3 is 0 Å². The molecule has 1 nitrogen and oxygen atoms in total. The zero-order valence-electron chi connectivity index (χ0n) is 13.6. The van der Waals surface area contributed by atoms with Gasteiger partial charge in [-0.1, -0.05) is 103 Å². The highest BCUT2D eigenvalue weighted by Crippen LogP contribution is 2.43. The quantitative estimate of drug-likeness (QED) is 0.492. The number of carbonyl (C=O) groups is 1. The van der Waals surface area contributed by atoms with Gasteiger partial charge in [-0.25, -0.2) is 0 Å². The van der Waals surface area contributed by atoms with Crippen molar-refractivity contribution in [3.63, 3.8) is 0 Å². The van der Waals surface area contributed by atoms with Crippen molar-refractivity contribution in [1.29, 1.82) is 0 Å². The van der Waals surface area contributed by atoms with Crippen LogP contribution in [0.25, 0.3) is 0 Å². The third kappa shape index (κ3) is 3.69. The van der Waals surface area contributed by atoms with Crippen molar-refractivity contribution in [3.05, 3.63) is 103 Å². The summed E-state index contributed by atoms with van der Waals surface area (Å²) in [5.41, 5.74) is 1.27. The second kappa shape index (κ2) is 8.16. The number of hydrogen-bond donors (Lipinski definition) is 0. The van der Waals surface area contributed by atoms with E-state index in [2.05, 4.69) is 36.4 Å². The van der Waals surface area contributed by atoms with Crippen LogP contribution in [0.1, 0.15) is 0 Å². The molecule has 0 aliphatic carbocycles. The van der Waals surface area contributed by atoms with Crippen molar-refractivity contribution in [3.8, 4) is 0 Å². The van der Waals surface area contributed by atoms with Crippen LogP contribution in [-0.2, 0) is 4.79 Å². The molecule has 3 aromatic rings. The van der Waals surface area contributed by atoms with Gasteiger partial charge in [0, 0.05) is 5.54 Å². The van der Waals surface area contributed by atoms with Gasteiger partial charge in [-0.15, -0.1) is 0 Å². The van der Waals surface area contributed by atoms with Gasteiger partial charge in [-0.05, 0) is 34.7 Å². The van der Waals surface area contributed by atoms with Crippen molar-refractivity contribution in [2.45, 2.75) is 0 Å². The first-order chi connectivity index (χ1) is 12.3.